The van der Waals surface area contributed by atoms with E-state index in [1.807, 2.05) is 0 Å². The molecule has 10 heteroatoms. The SMILES string of the molecule is CC(C)(C)C1CCC(OC(=O)OOC(=O)OC2CCC(C(C)(C)C)CC2)CC1.O=C(O)OO. The van der Waals surface area contributed by atoms with Crippen molar-refractivity contribution in [3.05, 3.63) is 0 Å². The second kappa shape index (κ2) is 12.9. The van der Waals surface area contributed by atoms with E-state index in [0.717, 1.165) is 51.4 Å². The fourth-order valence-corrected chi connectivity index (χ4v) is 4.47. The first-order valence-corrected chi connectivity index (χ1v) is 11.5. The maximum atomic E-state index is 11.8. The highest BCUT2D eigenvalue weighted by Gasteiger charge is 2.33. The number of carboxylic acid groups (broad SMARTS) is 1. The Hall–Kier alpha value is -2.23. The summed E-state index contributed by atoms with van der Waals surface area (Å²) in [5.74, 6) is 1.26. The topological polar surface area (TPSA) is 138 Å². The zero-order chi connectivity index (χ0) is 25.2. The van der Waals surface area contributed by atoms with Gasteiger partial charge in [-0.15, -0.1) is 0 Å². The Balaban J connectivity index is 0.000000981. The van der Waals surface area contributed by atoms with Crippen molar-refractivity contribution in [1.82, 2.24) is 0 Å². The van der Waals surface area contributed by atoms with E-state index in [1.54, 1.807) is 0 Å². The van der Waals surface area contributed by atoms with E-state index in [1.165, 1.54) is 0 Å². The van der Waals surface area contributed by atoms with Crippen LogP contribution in [0.5, 0.6) is 0 Å². The Labute approximate surface area is 195 Å². The Morgan fingerprint density at radius 2 is 0.909 bits per heavy atom. The molecule has 10 nitrogen and oxygen atoms in total. The molecule has 0 spiro atoms. The van der Waals surface area contributed by atoms with E-state index < -0.39 is 18.5 Å². The summed E-state index contributed by atoms with van der Waals surface area (Å²) < 4.78 is 10.5. The molecule has 0 saturated heterocycles. The highest BCUT2D eigenvalue weighted by Crippen LogP contribution is 2.39. The molecule has 0 aromatic rings. The molecule has 2 aliphatic rings. The Bertz CT molecular complexity index is 570. The molecule has 33 heavy (non-hydrogen) atoms. The zero-order valence-electron chi connectivity index (χ0n) is 20.6. The molecule has 0 aromatic carbocycles. The smallest absolute Gasteiger partial charge is 0.448 e. The summed E-state index contributed by atoms with van der Waals surface area (Å²) in [6.45, 7) is 13.4. The number of ether oxygens (including phenoxy) is 2. The van der Waals surface area contributed by atoms with Gasteiger partial charge in [0.2, 0.25) is 0 Å². The van der Waals surface area contributed by atoms with Gasteiger partial charge in [0.15, 0.2) is 0 Å². The lowest BCUT2D eigenvalue weighted by Gasteiger charge is -2.36. The van der Waals surface area contributed by atoms with Crippen LogP contribution in [0.2, 0.25) is 0 Å². The molecule has 2 N–H and O–H groups in total. The van der Waals surface area contributed by atoms with E-state index in [2.05, 4.69) is 56.2 Å². The summed E-state index contributed by atoms with van der Waals surface area (Å²) in [5, 5.41) is 14.3. The van der Waals surface area contributed by atoms with E-state index in [9.17, 15) is 9.59 Å². The number of rotatable bonds is 2. The van der Waals surface area contributed by atoms with Crippen molar-refractivity contribution in [1.29, 1.82) is 0 Å². The molecular weight excluding hydrogens is 436 g/mol. The molecule has 2 rings (SSSR count). The second-order valence-electron chi connectivity index (χ2n) is 10.9. The zero-order valence-corrected chi connectivity index (χ0v) is 20.6. The van der Waals surface area contributed by atoms with Gasteiger partial charge in [0, 0.05) is 0 Å². The first kappa shape index (κ1) is 28.8. The van der Waals surface area contributed by atoms with Crippen LogP contribution >= 0.6 is 0 Å². The van der Waals surface area contributed by atoms with Gasteiger partial charge < -0.3 is 14.6 Å². The second-order valence-corrected chi connectivity index (χ2v) is 10.9. The Kier molecular flexibility index (Phi) is 11.2. The molecular formula is C23H40O10. The van der Waals surface area contributed by atoms with Crippen molar-refractivity contribution in [2.24, 2.45) is 22.7 Å². The lowest BCUT2D eigenvalue weighted by atomic mass is 9.72. The van der Waals surface area contributed by atoms with Crippen LogP contribution in [0.1, 0.15) is 92.9 Å². The quantitative estimate of drug-likeness (QED) is 0.195. The van der Waals surface area contributed by atoms with Crippen LogP contribution in [0.25, 0.3) is 0 Å². The molecule has 0 atom stereocenters. The third-order valence-electron chi connectivity index (χ3n) is 6.58. The summed E-state index contributed by atoms with van der Waals surface area (Å²) in [6.07, 6.45) is 3.27. The third kappa shape index (κ3) is 11.5. The van der Waals surface area contributed by atoms with Crippen LogP contribution in [-0.2, 0) is 24.1 Å². The van der Waals surface area contributed by atoms with Crippen LogP contribution in [0, 0.1) is 22.7 Å². The van der Waals surface area contributed by atoms with Crippen molar-refractivity contribution in [3.63, 3.8) is 0 Å². The van der Waals surface area contributed by atoms with Crippen LogP contribution in [0.15, 0.2) is 0 Å². The third-order valence-corrected chi connectivity index (χ3v) is 6.58. The molecule has 2 fully saturated rings. The average molecular weight is 477 g/mol. The van der Waals surface area contributed by atoms with E-state index >= 15 is 0 Å². The largest absolute Gasteiger partial charge is 0.550 e. The van der Waals surface area contributed by atoms with E-state index in [-0.39, 0.29) is 23.0 Å². The summed E-state index contributed by atoms with van der Waals surface area (Å²) >= 11 is 0. The van der Waals surface area contributed by atoms with Crippen molar-refractivity contribution < 1.29 is 48.9 Å². The minimum Gasteiger partial charge on any atom is -0.448 e. The number of hydrogen-bond acceptors (Lipinski definition) is 9. The van der Waals surface area contributed by atoms with Crippen molar-refractivity contribution in [3.8, 4) is 0 Å². The van der Waals surface area contributed by atoms with E-state index in [4.69, 9.17) is 24.6 Å². The molecule has 0 amide bonds. The summed E-state index contributed by atoms with van der Waals surface area (Å²) in [7, 11) is 0. The van der Waals surface area contributed by atoms with Crippen molar-refractivity contribution in [2.45, 2.75) is 105 Å². The van der Waals surface area contributed by atoms with Gasteiger partial charge >= 0.3 is 18.5 Å². The highest BCUT2D eigenvalue weighted by molar-refractivity contribution is 5.63. The lowest BCUT2D eigenvalue weighted by molar-refractivity contribution is -0.227. The lowest BCUT2D eigenvalue weighted by Crippen LogP contribution is -2.31. The predicted molar refractivity (Wildman–Crippen MR) is 117 cm³/mol. The van der Waals surface area contributed by atoms with Gasteiger partial charge in [-0.1, -0.05) is 41.5 Å². The first-order chi connectivity index (χ1) is 15.2. The van der Waals surface area contributed by atoms with Crippen LogP contribution in [0.3, 0.4) is 0 Å². The molecule has 0 heterocycles. The van der Waals surface area contributed by atoms with Crippen LogP contribution < -0.4 is 0 Å². The highest BCUT2D eigenvalue weighted by atomic mass is 17.3. The molecule has 2 aliphatic carbocycles. The number of carbonyl (C=O) groups excluding carboxylic acids is 2. The summed E-state index contributed by atoms with van der Waals surface area (Å²) in [5.41, 5.74) is 0.536. The normalized spacial score (nSPS) is 25.5. The molecule has 192 valence electrons. The van der Waals surface area contributed by atoms with Crippen molar-refractivity contribution in [2.75, 3.05) is 0 Å². The minimum absolute atomic E-state index is 0.182. The monoisotopic (exact) mass is 476 g/mol. The van der Waals surface area contributed by atoms with Gasteiger partial charge in [0.25, 0.3) is 0 Å². The molecule has 0 aliphatic heterocycles. The number of carbonyl (C=O) groups is 3. The van der Waals surface area contributed by atoms with Gasteiger partial charge in [0.1, 0.15) is 12.2 Å². The average Bonchev–Trinajstić information content (AvgIpc) is 2.72. The van der Waals surface area contributed by atoms with E-state index in [0.29, 0.717) is 11.8 Å². The first-order valence-electron chi connectivity index (χ1n) is 11.5. The molecule has 0 radical (unpaired) electrons. The summed E-state index contributed by atoms with van der Waals surface area (Å²) in [4.78, 5) is 44.1. The standard InChI is InChI=1S/C22H38O6.CH2O4/c1-21(2,3)15-7-11-17(12-8-15)25-19(23)27-28-20(24)26-18-13-9-16(10-14-18)22(4,5)6;2-1(3)5-4/h15-18H,7-14H2,1-6H3;4H,(H,2,3). The van der Waals surface area contributed by atoms with Crippen LogP contribution in [-0.4, -0.2) is 41.0 Å². The molecule has 0 bridgehead atoms. The Morgan fingerprint density at radius 1 is 0.636 bits per heavy atom. The van der Waals surface area contributed by atoms with Gasteiger partial charge in [0.05, 0.1) is 0 Å². The van der Waals surface area contributed by atoms with Gasteiger partial charge in [-0.05, 0) is 74.0 Å². The van der Waals surface area contributed by atoms with Crippen molar-refractivity contribution >= 4 is 18.5 Å². The predicted octanol–water partition coefficient (Wildman–Crippen LogP) is 6.57. The van der Waals surface area contributed by atoms with Gasteiger partial charge in [-0.2, -0.15) is 24.6 Å². The van der Waals surface area contributed by atoms with Crippen LogP contribution in [0.4, 0.5) is 14.4 Å². The molecule has 0 aromatic heterocycles. The summed E-state index contributed by atoms with van der Waals surface area (Å²) in [6, 6.07) is 0. The maximum absolute atomic E-state index is 11.8. The fraction of sp³-hybridized carbons (Fsp3) is 0.870. The molecule has 2 saturated carbocycles. The molecule has 0 unspecified atom stereocenters. The fourth-order valence-electron chi connectivity index (χ4n) is 4.47. The van der Waals surface area contributed by atoms with Gasteiger partial charge in [-0.3, -0.25) is 4.89 Å². The number of hydrogen-bond donors (Lipinski definition) is 2. The maximum Gasteiger partial charge on any atom is 0.550 e. The Morgan fingerprint density at radius 3 is 1.12 bits per heavy atom. The van der Waals surface area contributed by atoms with Gasteiger partial charge in [-0.25, -0.2) is 4.79 Å². The minimum atomic E-state index is -1.69.